The van der Waals surface area contributed by atoms with E-state index in [0.29, 0.717) is 12.2 Å². The Labute approximate surface area is 87.7 Å². The fourth-order valence-electron chi connectivity index (χ4n) is 1.21. The highest BCUT2D eigenvalue weighted by molar-refractivity contribution is 5.61. The standard InChI is InChI=1S/C10H10N4O/c1-3-15-10-8(5-12)6(2)7(4-11)9(13)14-10/h3H2,1-2H3,(H2,13,14). The number of nitrogen functional groups attached to an aromatic ring is 1. The number of hydrogen-bond donors (Lipinski definition) is 1. The van der Waals surface area contributed by atoms with Gasteiger partial charge in [-0.1, -0.05) is 0 Å². The molecular formula is C10H10N4O. The molecule has 0 aliphatic rings. The number of nitriles is 2. The monoisotopic (exact) mass is 202 g/mol. The molecule has 0 aromatic carbocycles. The van der Waals surface area contributed by atoms with Crippen LogP contribution in [0, 0.1) is 29.6 Å². The number of nitrogens with zero attached hydrogens (tertiary/aromatic N) is 3. The first-order chi connectivity index (χ1) is 7.15. The predicted octanol–water partition coefficient (Wildman–Crippen LogP) is 1.11. The molecule has 0 spiro atoms. The third-order valence-electron chi connectivity index (χ3n) is 1.95. The van der Waals surface area contributed by atoms with Gasteiger partial charge in [0.2, 0.25) is 5.88 Å². The van der Waals surface area contributed by atoms with Crippen molar-refractivity contribution in [2.24, 2.45) is 0 Å². The molecule has 76 valence electrons. The Bertz CT molecular complexity index is 468. The van der Waals surface area contributed by atoms with Gasteiger partial charge in [-0.05, 0) is 19.4 Å². The summed E-state index contributed by atoms with van der Waals surface area (Å²) in [6.07, 6.45) is 0. The van der Waals surface area contributed by atoms with E-state index in [9.17, 15) is 0 Å². The molecule has 0 unspecified atom stereocenters. The molecule has 0 aliphatic heterocycles. The second-order valence-corrected chi connectivity index (χ2v) is 2.83. The lowest BCUT2D eigenvalue weighted by molar-refractivity contribution is 0.326. The first-order valence-electron chi connectivity index (χ1n) is 4.38. The average molecular weight is 202 g/mol. The maximum absolute atomic E-state index is 8.92. The van der Waals surface area contributed by atoms with E-state index in [4.69, 9.17) is 21.0 Å². The summed E-state index contributed by atoms with van der Waals surface area (Å²) in [6.45, 7) is 3.83. The van der Waals surface area contributed by atoms with Crippen LogP contribution in [0.5, 0.6) is 5.88 Å². The van der Waals surface area contributed by atoms with Gasteiger partial charge in [0.15, 0.2) is 0 Å². The van der Waals surface area contributed by atoms with Crippen molar-refractivity contribution >= 4 is 5.82 Å². The molecule has 0 bridgehead atoms. The zero-order chi connectivity index (χ0) is 11.4. The molecular weight excluding hydrogens is 192 g/mol. The van der Waals surface area contributed by atoms with E-state index in [0.717, 1.165) is 0 Å². The van der Waals surface area contributed by atoms with Crippen molar-refractivity contribution in [2.45, 2.75) is 13.8 Å². The van der Waals surface area contributed by atoms with Crippen LogP contribution in [0.25, 0.3) is 0 Å². The van der Waals surface area contributed by atoms with Gasteiger partial charge in [-0.25, -0.2) is 0 Å². The molecule has 0 radical (unpaired) electrons. The third kappa shape index (κ3) is 1.82. The summed E-state index contributed by atoms with van der Waals surface area (Å²) < 4.78 is 5.17. The lowest BCUT2D eigenvalue weighted by Gasteiger charge is -2.09. The Hall–Kier alpha value is -2.27. The second kappa shape index (κ2) is 4.30. The zero-order valence-electron chi connectivity index (χ0n) is 8.53. The van der Waals surface area contributed by atoms with Gasteiger partial charge in [-0.2, -0.15) is 15.5 Å². The number of ether oxygens (including phenoxy) is 1. The Balaban J connectivity index is 3.48. The van der Waals surface area contributed by atoms with Gasteiger partial charge >= 0.3 is 0 Å². The molecule has 0 atom stereocenters. The topological polar surface area (TPSA) is 95.7 Å². The zero-order valence-corrected chi connectivity index (χ0v) is 8.53. The molecule has 5 heteroatoms. The summed E-state index contributed by atoms with van der Waals surface area (Å²) in [5.74, 6) is 0.284. The summed E-state index contributed by atoms with van der Waals surface area (Å²) in [5, 5.41) is 17.7. The molecule has 15 heavy (non-hydrogen) atoms. The van der Waals surface area contributed by atoms with Crippen LogP contribution in [-0.2, 0) is 0 Å². The van der Waals surface area contributed by atoms with Crippen LogP contribution >= 0.6 is 0 Å². The third-order valence-corrected chi connectivity index (χ3v) is 1.95. The van der Waals surface area contributed by atoms with Crippen molar-refractivity contribution < 1.29 is 4.74 Å². The summed E-state index contributed by atoms with van der Waals surface area (Å²) in [5.41, 5.74) is 6.57. The first kappa shape index (κ1) is 10.8. The van der Waals surface area contributed by atoms with Crippen LogP contribution < -0.4 is 10.5 Å². The molecule has 0 amide bonds. The lowest BCUT2D eigenvalue weighted by atomic mass is 10.1. The molecule has 0 fully saturated rings. The lowest BCUT2D eigenvalue weighted by Crippen LogP contribution is -2.05. The molecule has 2 N–H and O–H groups in total. The van der Waals surface area contributed by atoms with Crippen molar-refractivity contribution in [3.63, 3.8) is 0 Å². The van der Waals surface area contributed by atoms with Crippen molar-refractivity contribution in [3.05, 3.63) is 16.7 Å². The number of pyridine rings is 1. The minimum atomic E-state index is 0.0949. The summed E-state index contributed by atoms with van der Waals surface area (Å²) in [7, 11) is 0. The first-order valence-corrected chi connectivity index (χ1v) is 4.38. The van der Waals surface area contributed by atoms with Crippen LogP contribution in [0.2, 0.25) is 0 Å². The number of rotatable bonds is 2. The quantitative estimate of drug-likeness (QED) is 0.775. The van der Waals surface area contributed by atoms with E-state index >= 15 is 0 Å². The van der Waals surface area contributed by atoms with Crippen molar-refractivity contribution in [3.8, 4) is 18.0 Å². The minimum Gasteiger partial charge on any atom is -0.477 e. The van der Waals surface area contributed by atoms with Gasteiger partial charge in [0, 0.05) is 0 Å². The van der Waals surface area contributed by atoms with E-state index in [1.165, 1.54) is 0 Å². The normalized spacial score (nSPS) is 9.07. The molecule has 1 heterocycles. The largest absolute Gasteiger partial charge is 0.477 e. The fourth-order valence-corrected chi connectivity index (χ4v) is 1.21. The number of anilines is 1. The smallest absolute Gasteiger partial charge is 0.233 e. The number of nitrogens with two attached hydrogens (primary N) is 1. The van der Waals surface area contributed by atoms with Crippen LogP contribution in [0.3, 0.4) is 0 Å². The van der Waals surface area contributed by atoms with Crippen molar-refractivity contribution in [1.82, 2.24) is 4.98 Å². The molecule has 1 aromatic heterocycles. The molecule has 1 aromatic rings. The van der Waals surface area contributed by atoms with Crippen LogP contribution in [0.15, 0.2) is 0 Å². The van der Waals surface area contributed by atoms with Crippen molar-refractivity contribution in [2.75, 3.05) is 12.3 Å². The van der Waals surface area contributed by atoms with E-state index < -0.39 is 0 Å². The maximum Gasteiger partial charge on any atom is 0.233 e. The van der Waals surface area contributed by atoms with E-state index in [-0.39, 0.29) is 22.8 Å². The summed E-state index contributed by atoms with van der Waals surface area (Å²) >= 11 is 0. The number of hydrogen-bond acceptors (Lipinski definition) is 5. The number of aromatic nitrogens is 1. The van der Waals surface area contributed by atoms with Gasteiger partial charge in [0.05, 0.1) is 12.2 Å². The predicted molar refractivity (Wildman–Crippen MR) is 54.0 cm³/mol. The summed E-state index contributed by atoms with van der Waals surface area (Å²) in [6, 6.07) is 3.87. The van der Waals surface area contributed by atoms with Crippen LogP contribution in [0.4, 0.5) is 5.82 Å². The highest BCUT2D eigenvalue weighted by Crippen LogP contribution is 2.25. The van der Waals surface area contributed by atoms with E-state index in [2.05, 4.69) is 4.98 Å². The Morgan fingerprint density at radius 1 is 1.33 bits per heavy atom. The van der Waals surface area contributed by atoms with Gasteiger partial charge in [-0.15, -0.1) is 0 Å². The van der Waals surface area contributed by atoms with Crippen LogP contribution in [-0.4, -0.2) is 11.6 Å². The van der Waals surface area contributed by atoms with E-state index in [1.807, 2.05) is 12.1 Å². The fraction of sp³-hybridized carbons (Fsp3) is 0.300. The average Bonchev–Trinajstić information content (AvgIpc) is 2.19. The maximum atomic E-state index is 8.92. The Morgan fingerprint density at radius 3 is 2.40 bits per heavy atom. The SMILES string of the molecule is CCOc1nc(N)c(C#N)c(C)c1C#N. The molecule has 0 saturated carbocycles. The van der Waals surface area contributed by atoms with Crippen molar-refractivity contribution in [1.29, 1.82) is 10.5 Å². The molecule has 1 rings (SSSR count). The molecule has 0 saturated heterocycles. The summed E-state index contributed by atoms with van der Waals surface area (Å²) in [4.78, 5) is 3.88. The Morgan fingerprint density at radius 2 is 1.93 bits per heavy atom. The highest BCUT2D eigenvalue weighted by Gasteiger charge is 2.15. The Kier molecular flexibility index (Phi) is 3.10. The van der Waals surface area contributed by atoms with Gasteiger partial charge in [0.25, 0.3) is 0 Å². The van der Waals surface area contributed by atoms with Gasteiger partial charge in [0.1, 0.15) is 23.5 Å². The highest BCUT2D eigenvalue weighted by atomic mass is 16.5. The van der Waals surface area contributed by atoms with Crippen LogP contribution in [0.1, 0.15) is 23.6 Å². The second-order valence-electron chi connectivity index (χ2n) is 2.83. The van der Waals surface area contributed by atoms with Gasteiger partial charge < -0.3 is 10.5 Å². The minimum absolute atomic E-state index is 0.0949. The molecule has 0 aliphatic carbocycles. The molecule has 5 nitrogen and oxygen atoms in total. The van der Waals surface area contributed by atoms with Gasteiger partial charge in [-0.3, -0.25) is 0 Å². The van der Waals surface area contributed by atoms with E-state index in [1.54, 1.807) is 13.8 Å².